The van der Waals surface area contributed by atoms with E-state index in [-0.39, 0.29) is 13.2 Å². The summed E-state index contributed by atoms with van der Waals surface area (Å²) in [7, 11) is 0. The van der Waals surface area contributed by atoms with Crippen molar-refractivity contribution in [3.63, 3.8) is 0 Å². The first-order valence-electron chi connectivity index (χ1n) is 8.39. The Hall–Kier alpha value is -1.06. The highest BCUT2D eigenvalue weighted by Gasteiger charge is 2.13. The van der Waals surface area contributed by atoms with Gasteiger partial charge in [-0.3, -0.25) is 0 Å². The summed E-state index contributed by atoms with van der Waals surface area (Å²) >= 11 is 0. The summed E-state index contributed by atoms with van der Waals surface area (Å²) in [6.45, 7) is 1.37. The first-order valence-corrected chi connectivity index (χ1v) is 8.39. The predicted octanol–water partition coefficient (Wildman–Crippen LogP) is 2.99. The number of aliphatic hydroxyl groups excluding tert-OH is 2. The molecule has 0 aromatic heterocycles. The van der Waals surface area contributed by atoms with Crippen molar-refractivity contribution in [1.82, 2.24) is 0 Å². The van der Waals surface area contributed by atoms with Crippen LogP contribution in [0.15, 0.2) is 24.3 Å². The molecule has 0 unspecified atom stereocenters. The van der Waals surface area contributed by atoms with Gasteiger partial charge in [0.2, 0.25) is 0 Å². The Morgan fingerprint density at radius 1 is 0.905 bits per heavy atom. The molecule has 0 atom stereocenters. The van der Waals surface area contributed by atoms with Crippen molar-refractivity contribution in [1.29, 1.82) is 0 Å². The zero-order valence-electron chi connectivity index (χ0n) is 13.0. The van der Waals surface area contributed by atoms with Crippen molar-refractivity contribution in [3.05, 3.63) is 29.8 Å². The third-order valence-corrected chi connectivity index (χ3v) is 4.61. The van der Waals surface area contributed by atoms with Crippen LogP contribution in [0.5, 0.6) is 0 Å². The van der Waals surface area contributed by atoms with Gasteiger partial charge in [-0.2, -0.15) is 0 Å². The van der Waals surface area contributed by atoms with E-state index in [1.807, 2.05) is 4.90 Å². The summed E-state index contributed by atoms with van der Waals surface area (Å²) in [6, 6.07) is 8.61. The predicted molar refractivity (Wildman–Crippen MR) is 87.7 cm³/mol. The molecule has 0 heterocycles. The second kappa shape index (κ2) is 9.06. The highest BCUT2D eigenvalue weighted by molar-refractivity contribution is 5.47. The summed E-state index contributed by atoms with van der Waals surface area (Å²) in [5.41, 5.74) is 2.48. The first kappa shape index (κ1) is 16.3. The van der Waals surface area contributed by atoms with Crippen LogP contribution < -0.4 is 4.90 Å². The summed E-state index contributed by atoms with van der Waals surface area (Å²) in [6.07, 6.45) is 9.58. The lowest BCUT2D eigenvalue weighted by Crippen LogP contribution is -2.29. The molecule has 3 nitrogen and oxygen atoms in total. The van der Waals surface area contributed by atoms with Crippen LogP contribution >= 0.6 is 0 Å². The van der Waals surface area contributed by atoms with E-state index in [1.165, 1.54) is 50.5 Å². The number of hydrogen-bond acceptors (Lipinski definition) is 3. The lowest BCUT2D eigenvalue weighted by atomic mass is 9.85. The Morgan fingerprint density at radius 3 is 2.10 bits per heavy atom. The van der Waals surface area contributed by atoms with Gasteiger partial charge in [0.15, 0.2) is 0 Å². The molecule has 0 spiro atoms. The lowest BCUT2D eigenvalue weighted by molar-refractivity contribution is 0.281. The zero-order valence-corrected chi connectivity index (χ0v) is 13.0. The van der Waals surface area contributed by atoms with Gasteiger partial charge in [0.05, 0.1) is 13.2 Å². The molecule has 2 rings (SSSR count). The van der Waals surface area contributed by atoms with Gasteiger partial charge in [0, 0.05) is 18.8 Å². The minimum atomic E-state index is 0.115. The van der Waals surface area contributed by atoms with E-state index < -0.39 is 0 Å². The molecule has 1 saturated carbocycles. The van der Waals surface area contributed by atoms with Gasteiger partial charge in [-0.05, 0) is 36.5 Å². The van der Waals surface area contributed by atoms with Crippen molar-refractivity contribution in [2.45, 2.75) is 44.9 Å². The van der Waals surface area contributed by atoms with Crippen molar-refractivity contribution in [2.75, 3.05) is 31.2 Å². The molecular weight excluding hydrogens is 262 g/mol. The number of rotatable bonds is 8. The van der Waals surface area contributed by atoms with Crippen LogP contribution in [0.25, 0.3) is 0 Å². The fraction of sp³-hybridized carbons (Fsp3) is 0.667. The van der Waals surface area contributed by atoms with E-state index >= 15 is 0 Å². The van der Waals surface area contributed by atoms with Crippen molar-refractivity contribution in [3.8, 4) is 0 Å². The van der Waals surface area contributed by atoms with E-state index in [0.717, 1.165) is 11.6 Å². The maximum Gasteiger partial charge on any atom is 0.0606 e. The summed E-state index contributed by atoms with van der Waals surface area (Å²) in [4.78, 5) is 2.02. The third-order valence-electron chi connectivity index (χ3n) is 4.61. The van der Waals surface area contributed by atoms with Crippen molar-refractivity contribution < 1.29 is 10.2 Å². The fourth-order valence-electron chi connectivity index (χ4n) is 3.33. The normalized spacial score (nSPS) is 16.1. The average Bonchev–Trinajstić information content (AvgIpc) is 2.54. The Kier molecular flexibility index (Phi) is 7.04. The molecule has 3 heteroatoms. The maximum atomic E-state index is 9.08. The van der Waals surface area contributed by atoms with Gasteiger partial charge < -0.3 is 15.1 Å². The van der Waals surface area contributed by atoms with Gasteiger partial charge in [0.25, 0.3) is 0 Å². The largest absolute Gasteiger partial charge is 0.395 e. The van der Waals surface area contributed by atoms with Gasteiger partial charge in [-0.1, -0.05) is 44.2 Å². The molecule has 0 saturated heterocycles. The molecule has 0 bridgehead atoms. The molecule has 1 aliphatic carbocycles. The van der Waals surface area contributed by atoms with Crippen molar-refractivity contribution >= 4 is 5.69 Å². The Labute approximate surface area is 128 Å². The smallest absolute Gasteiger partial charge is 0.0606 e. The van der Waals surface area contributed by atoms with Crippen LogP contribution in [0.4, 0.5) is 5.69 Å². The minimum absolute atomic E-state index is 0.115. The molecule has 21 heavy (non-hydrogen) atoms. The second-order valence-corrected chi connectivity index (χ2v) is 6.14. The zero-order chi connectivity index (χ0) is 14.9. The molecule has 1 aromatic rings. The van der Waals surface area contributed by atoms with Crippen LogP contribution in [0, 0.1) is 5.92 Å². The topological polar surface area (TPSA) is 43.7 Å². The Bertz CT molecular complexity index is 379. The standard InChI is InChI=1S/C18H29NO2/c20-14-12-19(13-15-21)18-10-8-17(9-11-18)7-6-16-4-2-1-3-5-16/h8-11,16,20-21H,1-7,12-15H2. The van der Waals surface area contributed by atoms with Crippen molar-refractivity contribution in [2.24, 2.45) is 5.92 Å². The van der Waals surface area contributed by atoms with E-state index in [0.29, 0.717) is 13.1 Å². The monoisotopic (exact) mass is 291 g/mol. The number of aryl methyl sites for hydroxylation is 1. The molecule has 118 valence electrons. The van der Waals surface area contributed by atoms with E-state index in [2.05, 4.69) is 24.3 Å². The van der Waals surface area contributed by atoms with E-state index in [9.17, 15) is 0 Å². The minimum Gasteiger partial charge on any atom is -0.395 e. The second-order valence-electron chi connectivity index (χ2n) is 6.14. The number of benzene rings is 1. The summed E-state index contributed by atoms with van der Waals surface area (Å²) in [5.74, 6) is 0.929. The van der Waals surface area contributed by atoms with Gasteiger partial charge in [-0.25, -0.2) is 0 Å². The lowest BCUT2D eigenvalue weighted by Gasteiger charge is -2.23. The maximum absolute atomic E-state index is 9.08. The number of hydrogen-bond donors (Lipinski definition) is 2. The molecule has 1 aromatic carbocycles. The van der Waals surface area contributed by atoms with Gasteiger partial charge >= 0.3 is 0 Å². The molecule has 1 aliphatic rings. The molecular formula is C18H29NO2. The molecule has 0 amide bonds. The average molecular weight is 291 g/mol. The molecule has 0 radical (unpaired) electrons. The SMILES string of the molecule is OCCN(CCO)c1ccc(CCC2CCCCC2)cc1. The van der Waals surface area contributed by atoms with E-state index in [1.54, 1.807) is 0 Å². The Balaban J connectivity index is 1.85. The number of aliphatic hydroxyl groups is 2. The quantitative estimate of drug-likeness (QED) is 0.774. The summed E-state index contributed by atoms with van der Waals surface area (Å²) in [5, 5.41) is 18.2. The third kappa shape index (κ3) is 5.33. The number of anilines is 1. The van der Waals surface area contributed by atoms with Gasteiger partial charge in [-0.15, -0.1) is 0 Å². The van der Waals surface area contributed by atoms with Crippen LogP contribution in [0.3, 0.4) is 0 Å². The van der Waals surface area contributed by atoms with Gasteiger partial charge in [0.1, 0.15) is 0 Å². The molecule has 0 aliphatic heterocycles. The number of nitrogens with zero attached hydrogens (tertiary/aromatic N) is 1. The highest BCUT2D eigenvalue weighted by atomic mass is 16.3. The van der Waals surface area contributed by atoms with Crippen LogP contribution in [0.2, 0.25) is 0 Å². The first-order chi connectivity index (χ1) is 10.3. The van der Waals surface area contributed by atoms with Crippen LogP contribution in [-0.2, 0) is 6.42 Å². The van der Waals surface area contributed by atoms with E-state index in [4.69, 9.17) is 10.2 Å². The highest BCUT2D eigenvalue weighted by Crippen LogP contribution is 2.27. The van der Waals surface area contributed by atoms with Crippen LogP contribution in [-0.4, -0.2) is 36.5 Å². The molecule has 1 fully saturated rings. The molecule has 2 N–H and O–H groups in total. The van der Waals surface area contributed by atoms with Crippen LogP contribution in [0.1, 0.15) is 44.1 Å². The fourth-order valence-corrected chi connectivity index (χ4v) is 3.33. The summed E-state index contributed by atoms with van der Waals surface area (Å²) < 4.78 is 0. The Morgan fingerprint density at radius 2 is 1.52 bits per heavy atom.